The number of pyridine rings is 2. The van der Waals surface area contributed by atoms with Gasteiger partial charge in [0.15, 0.2) is 0 Å². The number of rotatable bonds is 3. The first-order chi connectivity index (χ1) is 12.2. The fraction of sp³-hybridized carbons (Fsp3) is 0.0909. The maximum atomic E-state index is 4.89. The van der Waals surface area contributed by atoms with E-state index in [0.717, 1.165) is 16.7 Å². The normalized spacial score (nSPS) is 11.6. The number of fused-ring (bicyclic) bond motifs is 1. The van der Waals surface area contributed by atoms with Crippen LogP contribution in [0.25, 0.3) is 22.0 Å². The van der Waals surface area contributed by atoms with Gasteiger partial charge in [0.1, 0.15) is 5.69 Å². The second kappa shape index (κ2) is 6.11. The van der Waals surface area contributed by atoms with Crippen LogP contribution < -0.4 is 4.48 Å². The Morgan fingerprint density at radius 3 is 2.36 bits per heavy atom. The molecule has 3 heteroatoms. The van der Waals surface area contributed by atoms with Crippen LogP contribution in [0, 0.1) is 0 Å². The Balaban J connectivity index is 1.88. The summed E-state index contributed by atoms with van der Waals surface area (Å²) in [5.74, 6) is 1.00. The van der Waals surface area contributed by atoms with Gasteiger partial charge in [0.2, 0.25) is 5.82 Å². The minimum Gasteiger partial charge on any atom is -0.264 e. The molecule has 0 saturated heterocycles. The van der Waals surface area contributed by atoms with E-state index in [1.54, 1.807) is 6.20 Å². The molecule has 0 aliphatic carbocycles. The predicted molar refractivity (Wildman–Crippen MR) is 105 cm³/mol. The zero-order valence-corrected chi connectivity index (χ0v) is 14.4. The number of hydrogen-bond acceptors (Lipinski definition) is 2. The zero-order chi connectivity index (χ0) is 17.3. The highest BCUT2D eigenvalue weighted by molar-refractivity contribution is 5.82. The molecule has 0 aliphatic rings. The summed E-state index contributed by atoms with van der Waals surface area (Å²) in [6.07, 6.45) is 3.64. The summed E-state index contributed by atoms with van der Waals surface area (Å²) >= 11 is 0. The van der Waals surface area contributed by atoms with Crippen molar-refractivity contribution in [2.75, 3.05) is 14.1 Å². The minimum absolute atomic E-state index is 0.573. The van der Waals surface area contributed by atoms with Gasteiger partial charge in [-0.25, -0.2) is 4.48 Å². The molecule has 0 amide bonds. The van der Waals surface area contributed by atoms with Gasteiger partial charge in [-0.2, -0.15) is 4.98 Å². The standard InChI is InChI=1S/C22H20N3/c1-25(2,22-13-12-18-16-23-15-14-20(18)24-22)21-11-7-6-10-19(21)17-8-4-3-5-9-17/h3-16H,1-2H3/q+1. The van der Waals surface area contributed by atoms with Crippen molar-refractivity contribution in [2.45, 2.75) is 0 Å². The Kier molecular flexibility index (Phi) is 3.79. The molecule has 3 nitrogen and oxygen atoms in total. The number of nitrogens with zero attached hydrogens (tertiary/aromatic N) is 3. The van der Waals surface area contributed by atoms with E-state index in [1.165, 1.54) is 16.8 Å². The fourth-order valence-electron chi connectivity index (χ4n) is 3.21. The van der Waals surface area contributed by atoms with Crippen molar-refractivity contribution >= 4 is 22.4 Å². The third-order valence-corrected chi connectivity index (χ3v) is 4.64. The molecule has 0 atom stereocenters. The summed E-state index contributed by atoms with van der Waals surface area (Å²) in [5.41, 5.74) is 4.63. The largest absolute Gasteiger partial charge is 0.264 e. The maximum Gasteiger partial charge on any atom is 0.232 e. The van der Waals surface area contributed by atoms with Gasteiger partial charge in [-0.1, -0.05) is 42.5 Å². The Labute approximate surface area is 147 Å². The molecular weight excluding hydrogens is 306 g/mol. The zero-order valence-electron chi connectivity index (χ0n) is 14.4. The van der Waals surface area contributed by atoms with E-state index in [9.17, 15) is 0 Å². The van der Waals surface area contributed by atoms with Crippen molar-refractivity contribution in [2.24, 2.45) is 0 Å². The van der Waals surface area contributed by atoms with E-state index in [-0.39, 0.29) is 0 Å². The van der Waals surface area contributed by atoms with Gasteiger partial charge in [0.25, 0.3) is 0 Å². The van der Waals surface area contributed by atoms with Crippen molar-refractivity contribution in [1.82, 2.24) is 14.5 Å². The third-order valence-electron chi connectivity index (χ3n) is 4.64. The molecule has 0 N–H and O–H groups in total. The summed E-state index contributed by atoms with van der Waals surface area (Å²) in [6.45, 7) is 0. The highest BCUT2D eigenvalue weighted by Gasteiger charge is 2.27. The quantitative estimate of drug-likeness (QED) is 0.484. The Hall–Kier alpha value is -3.04. The van der Waals surface area contributed by atoms with E-state index >= 15 is 0 Å². The minimum atomic E-state index is 0.573. The second-order valence-electron chi connectivity index (χ2n) is 6.57. The number of quaternary nitrogens is 1. The fourth-order valence-corrected chi connectivity index (χ4v) is 3.21. The molecule has 2 aromatic heterocycles. The van der Waals surface area contributed by atoms with Crippen LogP contribution >= 0.6 is 0 Å². The lowest BCUT2D eigenvalue weighted by atomic mass is 10.0. The molecule has 2 aromatic carbocycles. The van der Waals surface area contributed by atoms with E-state index < -0.39 is 0 Å². The van der Waals surface area contributed by atoms with Gasteiger partial charge in [0, 0.05) is 35.5 Å². The second-order valence-corrected chi connectivity index (χ2v) is 6.57. The number of benzene rings is 2. The molecular formula is C22H20N3+. The van der Waals surface area contributed by atoms with Gasteiger partial charge in [0.05, 0.1) is 19.6 Å². The van der Waals surface area contributed by atoms with Crippen LogP contribution in [0.15, 0.2) is 85.2 Å². The first-order valence-corrected chi connectivity index (χ1v) is 8.36. The van der Waals surface area contributed by atoms with Crippen LogP contribution in [0.1, 0.15) is 0 Å². The molecule has 0 unspecified atom stereocenters. The average molecular weight is 326 g/mol. The average Bonchev–Trinajstić information content (AvgIpc) is 2.68. The van der Waals surface area contributed by atoms with Gasteiger partial charge in [-0.3, -0.25) is 4.98 Å². The number of aromatic nitrogens is 2. The summed E-state index contributed by atoms with van der Waals surface area (Å²) in [7, 11) is 4.36. The topological polar surface area (TPSA) is 25.8 Å². The Morgan fingerprint density at radius 1 is 0.760 bits per heavy atom. The molecule has 0 fully saturated rings. The van der Waals surface area contributed by atoms with E-state index in [2.05, 4.69) is 79.7 Å². The predicted octanol–water partition coefficient (Wildman–Crippen LogP) is 5.20. The van der Waals surface area contributed by atoms with Crippen LogP contribution in [0.5, 0.6) is 0 Å². The first kappa shape index (κ1) is 15.5. The van der Waals surface area contributed by atoms with E-state index in [0.29, 0.717) is 4.48 Å². The summed E-state index contributed by atoms with van der Waals surface area (Å²) in [4.78, 5) is 9.06. The van der Waals surface area contributed by atoms with E-state index in [1.807, 2.05) is 18.3 Å². The van der Waals surface area contributed by atoms with Crippen LogP contribution in [0.4, 0.5) is 11.5 Å². The smallest absolute Gasteiger partial charge is 0.232 e. The molecule has 25 heavy (non-hydrogen) atoms. The van der Waals surface area contributed by atoms with Crippen molar-refractivity contribution < 1.29 is 0 Å². The summed E-state index contributed by atoms with van der Waals surface area (Å²) < 4.78 is 0.573. The monoisotopic (exact) mass is 326 g/mol. The first-order valence-electron chi connectivity index (χ1n) is 8.36. The van der Waals surface area contributed by atoms with Gasteiger partial charge in [-0.15, -0.1) is 0 Å². The SMILES string of the molecule is C[N+](C)(c1ccc2cnccc2n1)c1ccccc1-c1ccccc1. The Bertz CT molecular complexity index is 1020. The van der Waals surface area contributed by atoms with Crippen molar-refractivity contribution in [1.29, 1.82) is 0 Å². The molecule has 4 rings (SSSR count). The van der Waals surface area contributed by atoms with Gasteiger partial charge in [-0.05, 0) is 23.8 Å². The van der Waals surface area contributed by atoms with Gasteiger partial charge < -0.3 is 0 Å². The molecule has 0 radical (unpaired) electrons. The highest BCUT2D eigenvalue weighted by atomic mass is 15.4. The van der Waals surface area contributed by atoms with Crippen molar-refractivity contribution in [3.63, 3.8) is 0 Å². The summed E-state index contributed by atoms with van der Waals surface area (Å²) in [6, 6.07) is 25.2. The van der Waals surface area contributed by atoms with Crippen LogP contribution in [0.2, 0.25) is 0 Å². The highest BCUT2D eigenvalue weighted by Crippen LogP contribution is 2.38. The molecule has 4 aromatic rings. The molecule has 0 spiro atoms. The lowest BCUT2D eigenvalue weighted by Gasteiger charge is -2.29. The van der Waals surface area contributed by atoms with Crippen LogP contribution in [0.3, 0.4) is 0 Å². The molecule has 0 saturated carbocycles. The molecule has 2 heterocycles. The van der Waals surface area contributed by atoms with Crippen LogP contribution in [-0.4, -0.2) is 24.1 Å². The lowest BCUT2D eigenvalue weighted by molar-refractivity contribution is 0.542. The molecule has 122 valence electrons. The van der Waals surface area contributed by atoms with Crippen molar-refractivity contribution in [3.8, 4) is 11.1 Å². The number of para-hydroxylation sites is 1. The van der Waals surface area contributed by atoms with E-state index in [4.69, 9.17) is 4.98 Å². The number of hydrogen-bond donors (Lipinski definition) is 0. The Morgan fingerprint density at radius 2 is 1.52 bits per heavy atom. The molecule has 0 aliphatic heterocycles. The maximum absolute atomic E-state index is 4.89. The third kappa shape index (κ3) is 2.79. The lowest BCUT2D eigenvalue weighted by Crippen LogP contribution is -2.35. The molecule has 0 bridgehead atoms. The van der Waals surface area contributed by atoms with Crippen molar-refractivity contribution in [3.05, 3.63) is 85.2 Å². The van der Waals surface area contributed by atoms with Crippen LogP contribution in [-0.2, 0) is 0 Å². The summed E-state index contributed by atoms with van der Waals surface area (Å²) in [5, 5.41) is 1.06. The van der Waals surface area contributed by atoms with Gasteiger partial charge >= 0.3 is 0 Å².